The van der Waals surface area contributed by atoms with Crippen LogP contribution in [0.4, 0.5) is 4.39 Å². The molecule has 32 heavy (non-hydrogen) atoms. The van der Waals surface area contributed by atoms with Crippen molar-refractivity contribution in [3.8, 4) is 0 Å². The van der Waals surface area contributed by atoms with Gasteiger partial charge in [-0.15, -0.1) is 0 Å². The number of rotatable bonds is 5. The minimum Gasteiger partial charge on any atom is -0.359 e. The second-order valence-corrected chi connectivity index (χ2v) is 8.49. The first kappa shape index (κ1) is 20.6. The van der Waals surface area contributed by atoms with Crippen molar-refractivity contribution in [1.29, 1.82) is 0 Å². The van der Waals surface area contributed by atoms with Crippen molar-refractivity contribution < 1.29 is 19.2 Å². The molecule has 4 heterocycles. The van der Waals surface area contributed by atoms with Gasteiger partial charge in [-0.25, -0.2) is 14.4 Å². The zero-order chi connectivity index (χ0) is 22.4. The number of nitrogens with one attached hydrogen (secondary N) is 2. The molecule has 2 atom stereocenters. The van der Waals surface area contributed by atoms with Crippen LogP contribution in [0, 0.1) is 5.82 Å². The topological polar surface area (TPSA) is 102 Å². The van der Waals surface area contributed by atoms with Crippen molar-refractivity contribution in [2.24, 2.45) is 0 Å². The van der Waals surface area contributed by atoms with E-state index in [0.29, 0.717) is 36.3 Å². The Balaban J connectivity index is 1.55. The quantitative estimate of drug-likeness (QED) is 0.420. The molecule has 2 aliphatic rings. The number of hydroxylamine groups is 2. The second kappa shape index (κ2) is 7.99. The number of nitrogens with zero attached hydrogens (tertiary/aromatic N) is 3. The molecule has 0 aliphatic carbocycles. The van der Waals surface area contributed by atoms with Gasteiger partial charge in [0.1, 0.15) is 11.5 Å². The van der Waals surface area contributed by atoms with Gasteiger partial charge in [-0.05, 0) is 42.2 Å². The molecule has 0 radical (unpaired) electrons. The average Bonchev–Trinajstić information content (AvgIpc) is 3.31. The number of hydrogen-bond acceptors (Lipinski definition) is 5. The van der Waals surface area contributed by atoms with E-state index in [4.69, 9.17) is 0 Å². The van der Waals surface area contributed by atoms with E-state index in [2.05, 4.69) is 20.2 Å². The Kier molecular flexibility index (Phi) is 5.15. The van der Waals surface area contributed by atoms with E-state index in [0.717, 1.165) is 34.9 Å². The molecule has 9 heteroatoms. The third-order valence-electron chi connectivity index (χ3n) is 6.44. The molecule has 2 bridgehead atoms. The number of carbonyl (C=O) groups is 2. The van der Waals surface area contributed by atoms with Crippen LogP contribution >= 0.6 is 0 Å². The molecule has 2 aromatic heterocycles. The summed E-state index contributed by atoms with van der Waals surface area (Å²) in [6, 6.07) is 7.99. The van der Waals surface area contributed by atoms with Gasteiger partial charge >= 0.3 is 0 Å². The average molecular weight is 437 g/mol. The lowest BCUT2D eigenvalue weighted by Crippen LogP contribution is -2.54. The van der Waals surface area contributed by atoms with Gasteiger partial charge in [-0.2, -0.15) is 0 Å². The molecule has 3 N–H and O–H groups in total. The van der Waals surface area contributed by atoms with Gasteiger partial charge in [-0.3, -0.25) is 19.7 Å². The number of pyridine rings is 1. The summed E-state index contributed by atoms with van der Waals surface area (Å²) in [4.78, 5) is 34.8. The van der Waals surface area contributed by atoms with Gasteiger partial charge in [-0.1, -0.05) is 12.1 Å². The number of amides is 2. The van der Waals surface area contributed by atoms with E-state index in [1.54, 1.807) is 18.2 Å². The largest absolute Gasteiger partial charge is 0.359 e. The van der Waals surface area contributed by atoms with E-state index in [1.807, 2.05) is 6.20 Å². The van der Waals surface area contributed by atoms with Crippen molar-refractivity contribution in [1.82, 2.24) is 25.2 Å². The normalized spacial score (nSPS) is 20.5. The van der Waals surface area contributed by atoms with E-state index in [-0.39, 0.29) is 23.5 Å². The maximum atomic E-state index is 13.3. The van der Waals surface area contributed by atoms with Crippen molar-refractivity contribution in [3.63, 3.8) is 0 Å². The standard InChI is InChI=1S/C23H24FN5O3/c1-28(32)23(31)19-9-17-14(12-29-16-6-7-20(29)22(30)26-11-16)10-25-21(17)18(27-19)8-13-2-4-15(24)5-3-13/h2-5,9-10,16,20,25,32H,6-8,11-12H2,1H3,(H,26,30)/t16-,20+/m0/s1. The summed E-state index contributed by atoms with van der Waals surface area (Å²) in [6.45, 7) is 1.22. The molecule has 2 amide bonds. The highest BCUT2D eigenvalue weighted by molar-refractivity contribution is 5.97. The first-order valence-electron chi connectivity index (χ1n) is 10.7. The smallest absolute Gasteiger partial charge is 0.295 e. The third kappa shape index (κ3) is 3.63. The highest BCUT2D eigenvalue weighted by Gasteiger charge is 2.41. The SMILES string of the molecule is CN(O)C(=O)c1cc2c(CN3[C@H]4CC[C@@H]3C(=O)NC4)c[nH]c2c(Cc2ccc(F)cc2)n1. The zero-order valence-electron chi connectivity index (χ0n) is 17.6. The highest BCUT2D eigenvalue weighted by atomic mass is 19.1. The summed E-state index contributed by atoms with van der Waals surface area (Å²) in [5, 5.41) is 14.0. The maximum Gasteiger partial charge on any atom is 0.295 e. The summed E-state index contributed by atoms with van der Waals surface area (Å²) in [5.74, 6) is -0.869. The van der Waals surface area contributed by atoms with Crippen molar-refractivity contribution in [3.05, 3.63) is 64.9 Å². The number of benzene rings is 1. The molecule has 2 saturated heterocycles. The summed E-state index contributed by atoms with van der Waals surface area (Å²) < 4.78 is 13.3. The minimum atomic E-state index is -0.614. The van der Waals surface area contributed by atoms with Crippen molar-refractivity contribution >= 4 is 22.7 Å². The van der Waals surface area contributed by atoms with Crippen LogP contribution in [0.1, 0.15) is 40.2 Å². The molecule has 5 rings (SSSR count). The van der Waals surface area contributed by atoms with Crippen LogP contribution < -0.4 is 5.32 Å². The van der Waals surface area contributed by atoms with Gasteiger partial charge in [0.2, 0.25) is 5.91 Å². The number of halogens is 1. The molecular formula is C23H24FN5O3. The summed E-state index contributed by atoms with van der Waals surface area (Å²) in [5.41, 5.74) is 3.35. The van der Waals surface area contributed by atoms with Crippen LogP contribution in [0.25, 0.3) is 10.9 Å². The first-order valence-corrected chi connectivity index (χ1v) is 10.7. The van der Waals surface area contributed by atoms with Crippen LogP contribution in [-0.2, 0) is 17.8 Å². The lowest BCUT2D eigenvalue weighted by molar-refractivity contribution is -0.128. The highest BCUT2D eigenvalue weighted by Crippen LogP contribution is 2.32. The number of fused-ring (bicyclic) bond motifs is 3. The van der Waals surface area contributed by atoms with Crippen molar-refractivity contribution in [2.45, 2.75) is 37.9 Å². The van der Waals surface area contributed by atoms with Crippen LogP contribution in [-0.4, -0.2) is 62.6 Å². The predicted octanol–water partition coefficient (Wildman–Crippen LogP) is 2.22. The lowest BCUT2D eigenvalue weighted by Gasteiger charge is -2.34. The Hall–Kier alpha value is -3.30. The number of piperazine rings is 1. The molecule has 166 valence electrons. The minimum absolute atomic E-state index is 0.0648. The third-order valence-corrected chi connectivity index (χ3v) is 6.44. The zero-order valence-corrected chi connectivity index (χ0v) is 17.6. The van der Waals surface area contributed by atoms with Crippen LogP contribution in [0.5, 0.6) is 0 Å². The van der Waals surface area contributed by atoms with E-state index in [1.165, 1.54) is 19.2 Å². The van der Waals surface area contributed by atoms with Gasteiger partial charge in [0.05, 0.1) is 17.3 Å². The Labute approximate surface area is 184 Å². The number of carbonyl (C=O) groups excluding carboxylic acids is 2. The molecule has 0 spiro atoms. The molecule has 2 aliphatic heterocycles. The number of aromatic amines is 1. The fourth-order valence-corrected chi connectivity index (χ4v) is 4.79. The monoisotopic (exact) mass is 437 g/mol. The Bertz CT molecular complexity index is 1190. The molecule has 1 aromatic carbocycles. The predicted molar refractivity (Wildman–Crippen MR) is 115 cm³/mol. The Morgan fingerprint density at radius 3 is 2.84 bits per heavy atom. The fraction of sp³-hybridized carbons (Fsp3) is 0.348. The van der Waals surface area contributed by atoms with E-state index >= 15 is 0 Å². The van der Waals surface area contributed by atoms with E-state index in [9.17, 15) is 19.2 Å². The molecule has 3 aromatic rings. The summed E-state index contributed by atoms with van der Waals surface area (Å²) >= 11 is 0. The molecular weight excluding hydrogens is 413 g/mol. The number of H-pyrrole nitrogens is 1. The molecule has 8 nitrogen and oxygen atoms in total. The lowest BCUT2D eigenvalue weighted by atomic mass is 10.0. The maximum absolute atomic E-state index is 13.3. The van der Waals surface area contributed by atoms with Crippen LogP contribution in [0.3, 0.4) is 0 Å². The van der Waals surface area contributed by atoms with Gasteiger partial charge in [0.15, 0.2) is 0 Å². The number of aromatic nitrogens is 2. The number of hydrogen-bond donors (Lipinski definition) is 3. The van der Waals surface area contributed by atoms with Crippen molar-refractivity contribution in [2.75, 3.05) is 13.6 Å². The molecule has 0 unspecified atom stereocenters. The summed E-state index contributed by atoms with van der Waals surface area (Å²) in [6.07, 6.45) is 4.10. The Morgan fingerprint density at radius 1 is 1.31 bits per heavy atom. The van der Waals surface area contributed by atoms with Gasteiger partial charge in [0.25, 0.3) is 5.91 Å². The second-order valence-electron chi connectivity index (χ2n) is 8.49. The van der Waals surface area contributed by atoms with Crippen LogP contribution in [0.15, 0.2) is 36.5 Å². The Morgan fingerprint density at radius 2 is 2.09 bits per heavy atom. The van der Waals surface area contributed by atoms with Crippen LogP contribution in [0.2, 0.25) is 0 Å². The fourth-order valence-electron chi connectivity index (χ4n) is 4.79. The molecule has 2 fully saturated rings. The molecule has 0 saturated carbocycles. The van der Waals surface area contributed by atoms with Gasteiger partial charge < -0.3 is 10.3 Å². The van der Waals surface area contributed by atoms with E-state index < -0.39 is 5.91 Å². The summed E-state index contributed by atoms with van der Waals surface area (Å²) in [7, 11) is 1.26. The van der Waals surface area contributed by atoms with Gasteiger partial charge in [0, 0.05) is 44.2 Å². The first-order chi connectivity index (χ1) is 15.4.